The summed E-state index contributed by atoms with van der Waals surface area (Å²) in [7, 11) is 1.66. The summed E-state index contributed by atoms with van der Waals surface area (Å²) in [6.07, 6.45) is 2.54. The summed E-state index contributed by atoms with van der Waals surface area (Å²) < 4.78 is 15.9. The third-order valence-corrected chi connectivity index (χ3v) is 4.73. The Balaban J connectivity index is 1.78. The van der Waals surface area contributed by atoms with Gasteiger partial charge in [-0.2, -0.15) is 0 Å². The fourth-order valence-corrected chi connectivity index (χ4v) is 3.39. The summed E-state index contributed by atoms with van der Waals surface area (Å²) in [6, 6.07) is 9.05. The van der Waals surface area contributed by atoms with E-state index in [1.165, 1.54) is 11.8 Å². The summed E-state index contributed by atoms with van der Waals surface area (Å²) in [4.78, 5) is 14.0. The molecule has 6 heteroatoms. The lowest BCUT2D eigenvalue weighted by atomic mass is 10.0. The average Bonchev–Trinajstić information content (AvgIpc) is 2.91. The van der Waals surface area contributed by atoms with E-state index in [9.17, 15) is 9.18 Å². The first kappa shape index (κ1) is 17.0. The first-order valence-corrected chi connectivity index (χ1v) is 8.44. The number of nitrogens with one attached hydrogen (secondary N) is 1. The molecule has 1 aromatic carbocycles. The van der Waals surface area contributed by atoms with Gasteiger partial charge in [0.15, 0.2) is 0 Å². The molecule has 0 saturated heterocycles. The van der Waals surface area contributed by atoms with Crippen molar-refractivity contribution in [2.24, 2.45) is 5.92 Å². The number of nitrogens with zero attached hydrogens (tertiary/aromatic N) is 2. The van der Waals surface area contributed by atoms with Gasteiger partial charge in [0.25, 0.3) is 0 Å². The van der Waals surface area contributed by atoms with Crippen LogP contribution in [-0.2, 0) is 24.4 Å². The van der Waals surface area contributed by atoms with Gasteiger partial charge in [0.05, 0.1) is 5.02 Å². The average molecular weight is 350 g/mol. The Bertz CT molecular complexity index is 731. The van der Waals surface area contributed by atoms with Crippen molar-refractivity contribution in [3.05, 3.63) is 58.6 Å². The van der Waals surface area contributed by atoms with Crippen molar-refractivity contribution in [3.63, 3.8) is 0 Å². The Hall–Kier alpha value is -1.85. The Morgan fingerprint density at radius 3 is 2.96 bits per heavy atom. The molecule has 1 amide bonds. The molecule has 1 aliphatic heterocycles. The topological polar surface area (TPSA) is 37.3 Å². The third-order valence-electron chi connectivity index (χ3n) is 4.42. The molecule has 0 bridgehead atoms. The molecule has 0 fully saturated rings. The number of carbonyl (C=O) groups is 1. The van der Waals surface area contributed by atoms with Crippen LogP contribution in [0.2, 0.25) is 5.02 Å². The van der Waals surface area contributed by atoms with Crippen LogP contribution in [0.25, 0.3) is 0 Å². The van der Waals surface area contributed by atoms with Crippen molar-refractivity contribution in [1.82, 2.24) is 14.8 Å². The van der Waals surface area contributed by atoms with Crippen molar-refractivity contribution >= 4 is 17.5 Å². The van der Waals surface area contributed by atoms with Gasteiger partial charge in [0, 0.05) is 51.5 Å². The fraction of sp³-hybridized carbons (Fsp3) is 0.389. The summed E-state index contributed by atoms with van der Waals surface area (Å²) in [6.45, 7) is 3.02. The first-order valence-electron chi connectivity index (χ1n) is 8.06. The van der Waals surface area contributed by atoms with E-state index >= 15 is 0 Å². The van der Waals surface area contributed by atoms with Crippen LogP contribution < -0.4 is 5.32 Å². The number of fused-ring (bicyclic) bond motifs is 1. The Labute approximate surface area is 146 Å². The van der Waals surface area contributed by atoms with Gasteiger partial charge in [-0.15, -0.1) is 0 Å². The Morgan fingerprint density at radius 1 is 1.38 bits per heavy atom. The van der Waals surface area contributed by atoms with Crippen LogP contribution >= 0.6 is 11.6 Å². The zero-order valence-electron chi connectivity index (χ0n) is 13.6. The van der Waals surface area contributed by atoms with Crippen molar-refractivity contribution in [1.29, 1.82) is 0 Å². The van der Waals surface area contributed by atoms with E-state index in [0.717, 1.165) is 25.2 Å². The number of amides is 1. The minimum absolute atomic E-state index is 0.0492. The molecule has 0 radical (unpaired) electrons. The van der Waals surface area contributed by atoms with Gasteiger partial charge >= 0.3 is 0 Å². The minimum Gasteiger partial charge on any atom is -0.359 e. The number of hydrogen-bond acceptors (Lipinski definition) is 2. The summed E-state index contributed by atoms with van der Waals surface area (Å²) in [5.74, 6) is -0.127. The zero-order chi connectivity index (χ0) is 17.1. The maximum atomic E-state index is 13.7. The second-order valence-electron chi connectivity index (χ2n) is 6.31. The van der Waals surface area contributed by atoms with Gasteiger partial charge in [0.2, 0.25) is 5.91 Å². The molecular formula is C18H21ClFN3O. The maximum absolute atomic E-state index is 13.7. The van der Waals surface area contributed by atoms with Gasteiger partial charge in [-0.1, -0.05) is 17.7 Å². The lowest BCUT2D eigenvalue weighted by Crippen LogP contribution is -2.31. The number of carbonyl (C=O) groups excluding carboxylic acids is 1. The first-order chi connectivity index (χ1) is 11.5. The van der Waals surface area contributed by atoms with E-state index in [1.54, 1.807) is 13.1 Å². The molecule has 1 aliphatic rings. The minimum atomic E-state index is -0.394. The molecule has 2 aromatic rings. The van der Waals surface area contributed by atoms with E-state index in [2.05, 4.69) is 27.0 Å². The zero-order valence-corrected chi connectivity index (χ0v) is 14.4. The summed E-state index contributed by atoms with van der Waals surface area (Å²) in [5, 5.41) is 2.84. The number of aromatic nitrogens is 1. The van der Waals surface area contributed by atoms with E-state index in [1.807, 2.05) is 12.1 Å². The number of hydrogen-bond donors (Lipinski definition) is 1. The Morgan fingerprint density at radius 2 is 2.21 bits per heavy atom. The van der Waals surface area contributed by atoms with Crippen molar-refractivity contribution in [3.8, 4) is 0 Å². The number of rotatable bonds is 4. The molecule has 0 saturated carbocycles. The molecule has 2 heterocycles. The highest BCUT2D eigenvalue weighted by Crippen LogP contribution is 2.22. The molecule has 3 rings (SSSR count). The Kier molecular flexibility index (Phi) is 5.21. The molecule has 1 N–H and O–H groups in total. The molecular weight excluding hydrogens is 329 g/mol. The monoisotopic (exact) mass is 349 g/mol. The lowest BCUT2D eigenvalue weighted by molar-refractivity contribution is -0.121. The predicted molar refractivity (Wildman–Crippen MR) is 92.1 cm³/mol. The quantitative estimate of drug-likeness (QED) is 0.921. The van der Waals surface area contributed by atoms with Gasteiger partial charge in [0.1, 0.15) is 5.82 Å². The lowest BCUT2D eigenvalue weighted by Gasteiger charge is -2.23. The fourth-order valence-electron chi connectivity index (χ4n) is 3.28. The predicted octanol–water partition coefficient (Wildman–Crippen LogP) is 3.05. The van der Waals surface area contributed by atoms with Crippen molar-refractivity contribution in [2.45, 2.75) is 26.1 Å². The second-order valence-corrected chi connectivity index (χ2v) is 6.72. The highest BCUT2D eigenvalue weighted by atomic mass is 35.5. The van der Waals surface area contributed by atoms with E-state index in [-0.39, 0.29) is 16.8 Å². The molecule has 4 nitrogen and oxygen atoms in total. The van der Waals surface area contributed by atoms with Crippen LogP contribution in [0.1, 0.15) is 17.7 Å². The van der Waals surface area contributed by atoms with Crippen LogP contribution in [0.5, 0.6) is 0 Å². The summed E-state index contributed by atoms with van der Waals surface area (Å²) in [5.41, 5.74) is 2.10. The largest absolute Gasteiger partial charge is 0.359 e. The smallest absolute Gasteiger partial charge is 0.220 e. The van der Waals surface area contributed by atoms with Crippen LogP contribution in [0.3, 0.4) is 0 Å². The van der Waals surface area contributed by atoms with E-state index in [0.29, 0.717) is 13.0 Å². The molecule has 0 spiro atoms. The second kappa shape index (κ2) is 7.36. The highest BCUT2D eigenvalue weighted by molar-refractivity contribution is 6.30. The molecule has 1 atom stereocenters. The van der Waals surface area contributed by atoms with Gasteiger partial charge in [-0.05, 0) is 35.7 Å². The van der Waals surface area contributed by atoms with Gasteiger partial charge in [-0.3, -0.25) is 9.69 Å². The highest BCUT2D eigenvalue weighted by Gasteiger charge is 2.23. The van der Waals surface area contributed by atoms with Crippen LogP contribution in [0.15, 0.2) is 36.5 Å². The third kappa shape index (κ3) is 3.97. The molecule has 128 valence electrons. The van der Waals surface area contributed by atoms with E-state index < -0.39 is 5.82 Å². The standard InChI is InChI=1S/C18H21ClFN3O/c1-21-18(24)8-14-10-22(12-15-3-2-6-23(15)11-14)9-13-4-5-16(19)17(20)7-13/h2-7,14H,8-12H2,1H3,(H,21,24)/t14-/m0/s1. The van der Waals surface area contributed by atoms with Crippen LogP contribution in [0.4, 0.5) is 4.39 Å². The van der Waals surface area contributed by atoms with E-state index in [4.69, 9.17) is 11.6 Å². The molecule has 24 heavy (non-hydrogen) atoms. The normalized spacial score (nSPS) is 18.0. The number of benzene rings is 1. The molecule has 0 unspecified atom stereocenters. The molecule has 1 aromatic heterocycles. The summed E-state index contributed by atoms with van der Waals surface area (Å²) >= 11 is 5.76. The maximum Gasteiger partial charge on any atom is 0.220 e. The SMILES string of the molecule is CNC(=O)C[C@H]1CN(Cc2ccc(Cl)c(F)c2)Cc2cccn2C1. The molecule has 0 aliphatic carbocycles. The van der Waals surface area contributed by atoms with Gasteiger partial charge in [-0.25, -0.2) is 4.39 Å². The van der Waals surface area contributed by atoms with Gasteiger partial charge < -0.3 is 9.88 Å². The number of halogens is 2. The van der Waals surface area contributed by atoms with Crippen LogP contribution in [0, 0.1) is 11.7 Å². The van der Waals surface area contributed by atoms with Crippen molar-refractivity contribution < 1.29 is 9.18 Å². The van der Waals surface area contributed by atoms with Crippen molar-refractivity contribution in [2.75, 3.05) is 13.6 Å². The van der Waals surface area contributed by atoms with Crippen LogP contribution in [-0.4, -0.2) is 29.0 Å².